The minimum atomic E-state index is 0.0250. The highest BCUT2D eigenvalue weighted by molar-refractivity contribution is 5.97. The van der Waals surface area contributed by atoms with Gasteiger partial charge in [-0.05, 0) is 25.0 Å². The molecule has 1 aliphatic heterocycles. The first-order valence-electron chi connectivity index (χ1n) is 7.20. The van der Waals surface area contributed by atoms with E-state index in [0.717, 1.165) is 31.3 Å². The molecule has 2 N–H and O–H groups in total. The van der Waals surface area contributed by atoms with Crippen LogP contribution in [0.15, 0.2) is 30.3 Å². The molecule has 2 aromatic rings. The van der Waals surface area contributed by atoms with Crippen LogP contribution in [0.5, 0.6) is 0 Å². The highest BCUT2D eigenvalue weighted by Crippen LogP contribution is 2.20. The molecule has 1 aromatic carbocycles. The molecule has 0 aliphatic carbocycles. The first-order chi connectivity index (χ1) is 9.75. The van der Waals surface area contributed by atoms with Gasteiger partial charge in [0.2, 0.25) is 0 Å². The number of benzene rings is 1. The maximum absolute atomic E-state index is 12.5. The number of para-hydroxylation sites is 1. The zero-order valence-electron chi connectivity index (χ0n) is 11.5. The molecular weight excluding hydrogens is 250 g/mol. The Labute approximate surface area is 118 Å². The van der Waals surface area contributed by atoms with Crippen molar-refractivity contribution < 1.29 is 4.79 Å². The van der Waals surface area contributed by atoms with Gasteiger partial charge < -0.3 is 10.6 Å². The molecule has 104 valence electrons. The maximum Gasteiger partial charge on any atom is 0.272 e. The summed E-state index contributed by atoms with van der Waals surface area (Å²) in [6.45, 7) is 1.67. The molecule has 0 unspecified atom stereocenters. The lowest BCUT2D eigenvalue weighted by atomic mass is 10.1. The third-order valence-corrected chi connectivity index (χ3v) is 3.86. The highest BCUT2D eigenvalue weighted by Gasteiger charge is 2.18. The number of aromatic nitrogens is 1. The van der Waals surface area contributed by atoms with E-state index in [2.05, 4.69) is 4.98 Å². The van der Waals surface area contributed by atoms with E-state index < -0.39 is 0 Å². The number of carbonyl (C=O) groups excluding carboxylic acids is 1. The number of nitrogen functional groups attached to an aromatic ring is 1. The van der Waals surface area contributed by atoms with Gasteiger partial charge in [-0.2, -0.15) is 0 Å². The molecule has 1 aliphatic rings. The van der Waals surface area contributed by atoms with Crippen molar-refractivity contribution in [2.45, 2.75) is 25.7 Å². The van der Waals surface area contributed by atoms with Crippen molar-refractivity contribution >= 4 is 22.5 Å². The number of rotatable bonds is 1. The van der Waals surface area contributed by atoms with Gasteiger partial charge in [0.1, 0.15) is 5.69 Å². The summed E-state index contributed by atoms with van der Waals surface area (Å²) in [5, 5.41) is 0.970. The van der Waals surface area contributed by atoms with Crippen molar-refractivity contribution in [2.75, 3.05) is 18.8 Å². The molecule has 2 heterocycles. The Kier molecular flexibility index (Phi) is 3.54. The molecule has 1 amide bonds. The van der Waals surface area contributed by atoms with Crippen LogP contribution in [0.25, 0.3) is 10.9 Å². The number of nitrogens with two attached hydrogens (primary N) is 1. The first-order valence-corrected chi connectivity index (χ1v) is 7.20. The minimum Gasteiger partial charge on any atom is -0.397 e. The number of fused-ring (bicyclic) bond motifs is 1. The van der Waals surface area contributed by atoms with Crippen LogP contribution in [0.3, 0.4) is 0 Å². The van der Waals surface area contributed by atoms with Crippen molar-refractivity contribution in [1.29, 1.82) is 0 Å². The van der Waals surface area contributed by atoms with Crippen LogP contribution in [0.1, 0.15) is 36.2 Å². The number of nitrogens with zero attached hydrogens (tertiary/aromatic N) is 2. The second-order valence-electron chi connectivity index (χ2n) is 5.32. The Balaban J connectivity index is 1.93. The number of amides is 1. The topological polar surface area (TPSA) is 59.2 Å². The van der Waals surface area contributed by atoms with E-state index in [1.165, 1.54) is 12.8 Å². The lowest BCUT2D eigenvalue weighted by molar-refractivity contribution is 0.0756. The Morgan fingerprint density at radius 2 is 1.80 bits per heavy atom. The molecule has 4 heteroatoms. The molecule has 1 aromatic heterocycles. The molecule has 3 rings (SSSR count). The van der Waals surface area contributed by atoms with E-state index >= 15 is 0 Å². The van der Waals surface area contributed by atoms with Crippen molar-refractivity contribution in [3.63, 3.8) is 0 Å². The van der Waals surface area contributed by atoms with Crippen LogP contribution >= 0.6 is 0 Å². The fourth-order valence-electron chi connectivity index (χ4n) is 2.72. The number of anilines is 1. The van der Waals surface area contributed by atoms with Gasteiger partial charge in [0.05, 0.1) is 11.2 Å². The van der Waals surface area contributed by atoms with E-state index in [1.807, 2.05) is 29.2 Å². The lowest BCUT2D eigenvalue weighted by Crippen LogP contribution is -2.32. The molecule has 20 heavy (non-hydrogen) atoms. The van der Waals surface area contributed by atoms with Crippen LogP contribution in [0, 0.1) is 0 Å². The van der Waals surface area contributed by atoms with Gasteiger partial charge in [-0.15, -0.1) is 0 Å². The SMILES string of the molecule is Nc1cccc2ccc(C(=O)N3CCCCCC3)nc12. The molecular formula is C16H19N3O. The van der Waals surface area contributed by atoms with Crippen LogP contribution < -0.4 is 5.73 Å². The summed E-state index contributed by atoms with van der Waals surface area (Å²) in [5.74, 6) is 0.0250. The van der Waals surface area contributed by atoms with Gasteiger partial charge in [0, 0.05) is 18.5 Å². The van der Waals surface area contributed by atoms with Gasteiger partial charge in [-0.25, -0.2) is 4.98 Å². The second kappa shape index (κ2) is 5.49. The van der Waals surface area contributed by atoms with Crippen LogP contribution in [0.2, 0.25) is 0 Å². The number of hydrogen-bond acceptors (Lipinski definition) is 3. The van der Waals surface area contributed by atoms with Crippen molar-refractivity contribution in [2.24, 2.45) is 0 Å². The van der Waals surface area contributed by atoms with Gasteiger partial charge in [-0.3, -0.25) is 4.79 Å². The molecule has 0 bridgehead atoms. The largest absolute Gasteiger partial charge is 0.397 e. The van der Waals surface area contributed by atoms with Gasteiger partial charge in [-0.1, -0.05) is 31.0 Å². The summed E-state index contributed by atoms with van der Waals surface area (Å²) < 4.78 is 0. The average Bonchev–Trinajstić information content (AvgIpc) is 2.76. The average molecular weight is 269 g/mol. The van der Waals surface area contributed by atoms with E-state index in [-0.39, 0.29) is 5.91 Å². The van der Waals surface area contributed by atoms with E-state index in [4.69, 9.17) is 5.73 Å². The standard InChI is InChI=1S/C16H19N3O/c17-13-7-5-6-12-8-9-14(18-15(12)13)16(20)19-10-3-1-2-4-11-19/h5-9H,1-4,10-11,17H2. The summed E-state index contributed by atoms with van der Waals surface area (Å²) in [4.78, 5) is 18.9. The molecule has 4 nitrogen and oxygen atoms in total. The monoisotopic (exact) mass is 269 g/mol. The fourth-order valence-corrected chi connectivity index (χ4v) is 2.72. The van der Waals surface area contributed by atoms with Gasteiger partial charge in [0.25, 0.3) is 5.91 Å². The Hall–Kier alpha value is -2.10. The van der Waals surface area contributed by atoms with Crippen molar-refractivity contribution in [3.05, 3.63) is 36.0 Å². The summed E-state index contributed by atoms with van der Waals surface area (Å²) in [6.07, 6.45) is 4.59. The number of hydrogen-bond donors (Lipinski definition) is 1. The quantitative estimate of drug-likeness (QED) is 0.810. The van der Waals surface area contributed by atoms with Crippen molar-refractivity contribution in [1.82, 2.24) is 9.88 Å². The van der Waals surface area contributed by atoms with Crippen LogP contribution in [0.4, 0.5) is 5.69 Å². The zero-order chi connectivity index (χ0) is 13.9. The third-order valence-electron chi connectivity index (χ3n) is 3.86. The third kappa shape index (κ3) is 2.46. The molecule has 0 spiro atoms. The predicted octanol–water partition coefficient (Wildman–Crippen LogP) is 2.83. The van der Waals surface area contributed by atoms with Gasteiger partial charge in [0.15, 0.2) is 0 Å². The Morgan fingerprint density at radius 1 is 1.05 bits per heavy atom. The van der Waals surface area contributed by atoms with Crippen LogP contribution in [-0.4, -0.2) is 28.9 Å². The summed E-state index contributed by atoms with van der Waals surface area (Å²) >= 11 is 0. The van der Waals surface area contributed by atoms with Crippen molar-refractivity contribution in [3.8, 4) is 0 Å². The number of likely N-dealkylation sites (tertiary alicyclic amines) is 1. The Bertz CT molecular complexity index is 631. The fraction of sp³-hybridized carbons (Fsp3) is 0.375. The highest BCUT2D eigenvalue weighted by atomic mass is 16.2. The first kappa shape index (κ1) is 12.9. The van der Waals surface area contributed by atoms with E-state index in [1.54, 1.807) is 6.07 Å². The molecule has 0 atom stereocenters. The molecule has 1 saturated heterocycles. The molecule has 0 radical (unpaired) electrons. The summed E-state index contributed by atoms with van der Waals surface area (Å²) in [6, 6.07) is 9.39. The normalized spacial score (nSPS) is 16.1. The Morgan fingerprint density at radius 3 is 2.55 bits per heavy atom. The second-order valence-corrected chi connectivity index (χ2v) is 5.32. The summed E-state index contributed by atoms with van der Waals surface area (Å²) in [7, 11) is 0. The van der Waals surface area contributed by atoms with E-state index in [9.17, 15) is 4.79 Å². The zero-order valence-corrected chi connectivity index (χ0v) is 11.5. The van der Waals surface area contributed by atoms with Crippen LogP contribution in [-0.2, 0) is 0 Å². The maximum atomic E-state index is 12.5. The minimum absolute atomic E-state index is 0.0250. The van der Waals surface area contributed by atoms with E-state index in [0.29, 0.717) is 16.9 Å². The van der Waals surface area contributed by atoms with Gasteiger partial charge >= 0.3 is 0 Å². The number of pyridine rings is 1. The molecule has 1 fully saturated rings. The predicted molar refractivity (Wildman–Crippen MR) is 80.5 cm³/mol. The number of carbonyl (C=O) groups is 1. The molecule has 0 saturated carbocycles. The summed E-state index contributed by atoms with van der Waals surface area (Å²) in [5.41, 5.74) is 7.77. The lowest BCUT2D eigenvalue weighted by Gasteiger charge is -2.19. The smallest absolute Gasteiger partial charge is 0.272 e.